The Bertz CT molecular complexity index is 112. The van der Waals surface area contributed by atoms with Gasteiger partial charge in [-0.3, -0.25) is 0 Å². The number of likely N-dealkylation sites (N-methyl/N-ethyl adjacent to an activating group) is 1. The van der Waals surface area contributed by atoms with Crippen LogP contribution in [-0.4, -0.2) is 93.0 Å². The molecule has 0 amide bonds. The lowest BCUT2D eigenvalue weighted by Crippen LogP contribution is -2.32. The smallest absolute Gasteiger partial charge is 0.0594 e. The van der Waals surface area contributed by atoms with Crippen molar-refractivity contribution in [1.29, 1.82) is 0 Å². The van der Waals surface area contributed by atoms with E-state index >= 15 is 0 Å². The van der Waals surface area contributed by atoms with Gasteiger partial charge in [-0.1, -0.05) is 0 Å². The molecule has 1 saturated heterocycles. The molecule has 1 aliphatic heterocycles. The first-order valence-electron chi connectivity index (χ1n) is 6.33. The van der Waals surface area contributed by atoms with Crippen LogP contribution in [0.5, 0.6) is 0 Å². The van der Waals surface area contributed by atoms with Gasteiger partial charge in [0.05, 0.1) is 33.0 Å². The molecule has 0 aromatic rings. The van der Waals surface area contributed by atoms with Gasteiger partial charge in [-0.25, -0.2) is 0 Å². The van der Waals surface area contributed by atoms with E-state index in [1.165, 1.54) is 0 Å². The molecule has 19 heavy (non-hydrogen) atoms. The summed E-state index contributed by atoms with van der Waals surface area (Å²) < 4.78 is 5.10. The van der Waals surface area contributed by atoms with Crippen LogP contribution in [0.4, 0.5) is 0 Å². The lowest BCUT2D eigenvalue weighted by atomic mass is 10.5. The van der Waals surface area contributed by atoms with Gasteiger partial charge in [0.25, 0.3) is 0 Å². The van der Waals surface area contributed by atoms with E-state index in [-0.39, 0.29) is 19.8 Å². The maximum absolute atomic E-state index is 7.75. The monoisotopic (exact) mass is 284 g/mol. The molecule has 0 saturated carbocycles. The fourth-order valence-electron chi connectivity index (χ4n) is 0.655. The van der Waals surface area contributed by atoms with E-state index in [0.29, 0.717) is 19.6 Å². The highest BCUT2D eigenvalue weighted by molar-refractivity contribution is 4.53. The zero-order valence-electron chi connectivity index (χ0n) is 12.0. The molecule has 0 unspecified atom stereocenters. The van der Waals surface area contributed by atoms with Crippen molar-refractivity contribution in [3.8, 4) is 0 Å². The molecule has 0 aliphatic carbocycles. The van der Waals surface area contributed by atoms with E-state index in [9.17, 15) is 0 Å². The minimum Gasteiger partial charge on any atom is -0.395 e. The van der Waals surface area contributed by atoms with Crippen molar-refractivity contribution in [2.75, 3.05) is 72.8 Å². The number of morpholine rings is 1. The van der Waals surface area contributed by atoms with Crippen LogP contribution >= 0.6 is 0 Å². The molecule has 0 bridgehead atoms. The molecule has 8 nitrogen and oxygen atoms in total. The summed E-state index contributed by atoms with van der Waals surface area (Å²) >= 11 is 0. The van der Waals surface area contributed by atoms with E-state index in [1.807, 2.05) is 0 Å². The number of ether oxygens (including phenoxy) is 1. The van der Waals surface area contributed by atoms with Crippen LogP contribution in [0.3, 0.4) is 0 Å². The molecule has 1 heterocycles. The van der Waals surface area contributed by atoms with Crippen LogP contribution in [0.15, 0.2) is 0 Å². The fourth-order valence-corrected chi connectivity index (χ4v) is 0.655. The topological polar surface area (TPSA) is 151 Å². The van der Waals surface area contributed by atoms with E-state index in [2.05, 4.69) is 11.9 Å². The lowest BCUT2D eigenvalue weighted by Gasteiger charge is -2.21. The summed E-state index contributed by atoms with van der Waals surface area (Å²) in [5.74, 6) is 0. The number of aliphatic hydroxyl groups excluding tert-OH is 3. The van der Waals surface area contributed by atoms with Gasteiger partial charge in [0, 0.05) is 32.7 Å². The van der Waals surface area contributed by atoms with E-state index in [1.54, 1.807) is 0 Å². The first-order chi connectivity index (χ1) is 9.14. The molecule has 0 atom stereocenters. The molecule has 9 N–H and O–H groups in total. The highest BCUT2D eigenvalue weighted by atomic mass is 16.5. The Balaban J connectivity index is -0.000000189. The Labute approximate surface area is 116 Å². The van der Waals surface area contributed by atoms with Gasteiger partial charge in [-0.05, 0) is 7.05 Å². The van der Waals surface area contributed by atoms with Crippen molar-refractivity contribution >= 4 is 0 Å². The maximum atomic E-state index is 7.75. The highest BCUT2D eigenvalue weighted by Gasteiger charge is 2.02. The zero-order valence-corrected chi connectivity index (χ0v) is 12.0. The molecule has 1 rings (SSSR count). The molecule has 0 aromatic carbocycles. The van der Waals surface area contributed by atoms with Gasteiger partial charge in [0.2, 0.25) is 0 Å². The average molecular weight is 284 g/mol. The summed E-state index contributed by atoms with van der Waals surface area (Å²) in [6, 6.07) is 0. The summed E-state index contributed by atoms with van der Waals surface area (Å²) in [4.78, 5) is 2.27. The quantitative estimate of drug-likeness (QED) is 0.316. The summed E-state index contributed by atoms with van der Waals surface area (Å²) in [6.07, 6.45) is 0. The number of hydrogen-bond donors (Lipinski definition) is 6. The Morgan fingerprint density at radius 1 is 0.842 bits per heavy atom. The second-order valence-corrected chi connectivity index (χ2v) is 3.45. The van der Waals surface area contributed by atoms with Crippen LogP contribution in [0.25, 0.3) is 0 Å². The van der Waals surface area contributed by atoms with Gasteiger partial charge in [0.15, 0.2) is 0 Å². The maximum Gasteiger partial charge on any atom is 0.0594 e. The molecule has 1 aliphatic rings. The second-order valence-electron chi connectivity index (χ2n) is 3.45. The number of nitrogens with two attached hydrogens (primary N) is 3. The Morgan fingerprint density at radius 3 is 1.21 bits per heavy atom. The third kappa shape index (κ3) is 38.1. The minimum atomic E-state index is 0.0972. The van der Waals surface area contributed by atoms with Crippen molar-refractivity contribution in [3.63, 3.8) is 0 Å². The van der Waals surface area contributed by atoms with Crippen LogP contribution in [0, 0.1) is 0 Å². The average Bonchev–Trinajstić information content (AvgIpc) is 2.48. The normalized spacial score (nSPS) is 14.1. The van der Waals surface area contributed by atoms with Crippen molar-refractivity contribution in [1.82, 2.24) is 4.90 Å². The highest BCUT2D eigenvalue weighted by Crippen LogP contribution is 1.89. The largest absolute Gasteiger partial charge is 0.395 e. The SMILES string of the molecule is CN1CCOCC1.NCCO.NCCO.NCCO. The third-order valence-corrected chi connectivity index (χ3v) is 1.62. The third-order valence-electron chi connectivity index (χ3n) is 1.62. The molecule has 8 heteroatoms. The van der Waals surface area contributed by atoms with Gasteiger partial charge < -0.3 is 42.2 Å². The molecule has 0 spiro atoms. The fraction of sp³-hybridized carbons (Fsp3) is 1.00. The second kappa shape index (κ2) is 26.3. The van der Waals surface area contributed by atoms with Gasteiger partial charge in [0.1, 0.15) is 0 Å². The van der Waals surface area contributed by atoms with Crippen molar-refractivity contribution in [2.24, 2.45) is 17.2 Å². The molecule has 1 fully saturated rings. The van der Waals surface area contributed by atoms with E-state index in [0.717, 1.165) is 26.3 Å². The van der Waals surface area contributed by atoms with Crippen LogP contribution in [0.2, 0.25) is 0 Å². The predicted octanol–water partition coefficient (Wildman–Crippen LogP) is -3.24. The number of rotatable bonds is 3. The van der Waals surface area contributed by atoms with E-state index in [4.69, 9.17) is 37.3 Å². The number of aliphatic hydroxyl groups is 3. The summed E-state index contributed by atoms with van der Waals surface area (Å²) in [6.45, 7) is 5.44. The molecular weight excluding hydrogens is 252 g/mol. The van der Waals surface area contributed by atoms with Crippen molar-refractivity contribution < 1.29 is 20.1 Å². The molecule has 0 aromatic heterocycles. The van der Waals surface area contributed by atoms with Gasteiger partial charge >= 0.3 is 0 Å². The predicted molar refractivity (Wildman–Crippen MR) is 76.7 cm³/mol. The van der Waals surface area contributed by atoms with Crippen molar-refractivity contribution in [2.45, 2.75) is 0 Å². The summed E-state index contributed by atoms with van der Waals surface area (Å²) in [7, 11) is 2.11. The van der Waals surface area contributed by atoms with E-state index < -0.39 is 0 Å². The van der Waals surface area contributed by atoms with Crippen LogP contribution < -0.4 is 17.2 Å². The standard InChI is InChI=1S/C5H11NO.3C2H7NO/c1-6-2-4-7-5-3-6;3*3-1-2-4/h2-5H2,1H3;3*4H,1-3H2. The Hall–Kier alpha value is -0.320. The molecular formula is C11H32N4O4. The van der Waals surface area contributed by atoms with Crippen LogP contribution in [0.1, 0.15) is 0 Å². The Kier molecular flexibility index (Phi) is 32.9. The van der Waals surface area contributed by atoms with Gasteiger partial charge in [-0.2, -0.15) is 0 Å². The van der Waals surface area contributed by atoms with Crippen molar-refractivity contribution in [3.05, 3.63) is 0 Å². The number of hydrogen-bond acceptors (Lipinski definition) is 8. The summed E-state index contributed by atoms with van der Waals surface area (Å²) in [5.41, 5.74) is 14.3. The number of nitrogens with zero attached hydrogens (tertiary/aromatic N) is 1. The molecule has 0 radical (unpaired) electrons. The summed E-state index contributed by atoms with van der Waals surface area (Å²) in [5, 5.41) is 23.2. The van der Waals surface area contributed by atoms with Gasteiger partial charge in [-0.15, -0.1) is 0 Å². The molecule has 120 valence electrons. The van der Waals surface area contributed by atoms with Crippen LogP contribution in [-0.2, 0) is 4.74 Å². The Morgan fingerprint density at radius 2 is 1.11 bits per heavy atom. The zero-order chi connectivity index (χ0) is 15.4. The first-order valence-corrected chi connectivity index (χ1v) is 6.33. The first kappa shape index (κ1) is 23.7. The minimum absolute atomic E-state index is 0.0972. The lowest BCUT2D eigenvalue weighted by molar-refractivity contribution is 0.0503.